The molecule has 0 unspecified atom stereocenters. The number of thioether (sulfide) groups is 1. The van der Waals surface area contributed by atoms with Gasteiger partial charge in [0.2, 0.25) is 17.7 Å². The molecule has 1 saturated heterocycles. The van der Waals surface area contributed by atoms with E-state index >= 15 is 0 Å². The maximum Gasteiger partial charge on any atom is 0.257 e. The third-order valence-electron chi connectivity index (χ3n) is 4.72. The summed E-state index contributed by atoms with van der Waals surface area (Å²) in [4.78, 5) is 52.3. The summed E-state index contributed by atoms with van der Waals surface area (Å²) in [5.41, 5.74) is 5.52. The molecule has 1 aromatic carbocycles. The van der Waals surface area contributed by atoms with Crippen molar-refractivity contribution in [3.05, 3.63) is 24.3 Å². The molecule has 0 aliphatic carbocycles. The Balaban J connectivity index is 1.44. The molecule has 4 amide bonds. The molecule has 2 heterocycles. The molecular weight excluding hydrogens is 380 g/mol. The number of fused-ring (bicyclic) bond motifs is 1. The molecule has 150 valence electrons. The zero-order chi connectivity index (χ0) is 19.9. The zero-order valence-corrected chi connectivity index (χ0v) is 16.4. The van der Waals surface area contributed by atoms with E-state index in [1.807, 2.05) is 24.3 Å². The highest BCUT2D eigenvalue weighted by atomic mass is 32.2. The fourth-order valence-electron chi connectivity index (χ4n) is 3.23. The first-order valence-electron chi connectivity index (χ1n) is 9.42. The number of hydrogen-bond acceptors (Lipinski definition) is 5. The summed E-state index contributed by atoms with van der Waals surface area (Å²) in [5, 5.41) is 0. The second-order valence-corrected chi connectivity index (χ2v) is 7.79. The van der Waals surface area contributed by atoms with E-state index in [1.165, 1.54) is 16.7 Å². The molecule has 0 aromatic heterocycles. The van der Waals surface area contributed by atoms with Crippen molar-refractivity contribution in [1.29, 1.82) is 0 Å². The van der Waals surface area contributed by atoms with E-state index < -0.39 is 5.91 Å². The van der Waals surface area contributed by atoms with Crippen molar-refractivity contribution in [3.8, 4) is 0 Å². The monoisotopic (exact) mass is 404 g/mol. The quantitative estimate of drug-likeness (QED) is 0.715. The lowest BCUT2D eigenvalue weighted by Crippen LogP contribution is -2.48. The van der Waals surface area contributed by atoms with Crippen LogP contribution < -0.4 is 15.8 Å². The minimum Gasteiger partial charge on any atom is -0.333 e. The summed E-state index contributed by atoms with van der Waals surface area (Å²) < 4.78 is 0. The van der Waals surface area contributed by atoms with Gasteiger partial charge in [0, 0.05) is 30.8 Å². The van der Waals surface area contributed by atoms with Gasteiger partial charge in [-0.05, 0) is 25.0 Å². The number of para-hydroxylation sites is 1. The smallest absolute Gasteiger partial charge is 0.257 e. The lowest BCUT2D eigenvalue weighted by atomic mass is 10.2. The first kappa shape index (κ1) is 20.2. The molecule has 9 heteroatoms. The average molecular weight is 404 g/mol. The topological polar surface area (TPSA) is 98.8 Å². The molecule has 2 aliphatic rings. The van der Waals surface area contributed by atoms with E-state index in [0.29, 0.717) is 18.7 Å². The van der Waals surface area contributed by atoms with Crippen LogP contribution in [0.25, 0.3) is 0 Å². The fraction of sp³-hybridized carbons (Fsp3) is 0.474. The molecule has 1 aromatic rings. The van der Waals surface area contributed by atoms with Gasteiger partial charge in [0.1, 0.15) is 6.54 Å². The highest BCUT2D eigenvalue weighted by Crippen LogP contribution is 2.34. The van der Waals surface area contributed by atoms with Crippen LogP contribution in [0.4, 0.5) is 5.69 Å². The molecule has 2 N–H and O–H groups in total. The summed E-state index contributed by atoms with van der Waals surface area (Å²) in [6.45, 7) is 0.742. The van der Waals surface area contributed by atoms with Gasteiger partial charge >= 0.3 is 0 Å². The van der Waals surface area contributed by atoms with Gasteiger partial charge in [-0.15, -0.1) is 11.8 Å². The van der Waals surface area contributed by atoms with Crippen LogP contribution >= 0.6 is 11.8 Å². The van der Waals surface area contributed by atoms with E-state index in [2.05, 4.69) is 10.9 Å². The van der Waals surface area contributed by atoms with Crippen LogP contribution in [0.2, 0.25) is 0 Å². The normalized spacial score (nSPS) is 17.0. The Morgan fingerprint density at radius 1 is 1.00 bits per heavy atom. The maximum atomic E-state index is 12.2. The lowest BCUT2D eigenvalue weighted by molar-refractivity contribution is -0.136. The Morgan fingerprint density at radius 3 is 2.64 bits per heavy atom. The molecule has 0 atom stereocenters. The number of carbonyl (C=O) groups is 4. The van der Waals surface area contributed by atoms with Crippen molar-refractivity contribution >= 4 is 41.1 Å². The van der Waals surface area contributed by atoms with Gasteiger partial charge in [-0.2, -0.15) is 0 Å². The van der Waals surface area contributed by atoms with E-state index in [-0.39, 0.29) is 37.2 Å². The second-order valence-electron chi connectivity index (χ2n) is 6.77. The highest BCUT2D eigenvalue weighted by Gasteiger charge is 2.25. The summed E-state index contributed by atoms with van der Waals surface area (Å²) in [6, 6.07) is 7.58. The molecular formula is C19H24N4O4S. The Labute approximate surface area is 168 Å². The number of rotatable bonds is 5. The number of nitrogens with zero attached hydrogens (tertiary/aromatic N) is 2. The summed E-state index contributed by atoms with van der Waals surface area (Å²) >= 11 is 1.49. The Kier molecular flexibility index (Phi) is 6.91. The van der Waals surface area contributed by atoms with Gasteiger partial charge in [0.25, 0.3) is 5.91 Å². The van der Waals surface area contributed by atoms with Crippen LogP contribution in [0.15, 0.2) is 29.2 Å². The van der Waals surface area contributed by atoms with E-state index in [0.717, 1.165) is 29.8 Å². The predicted molar refractivity (Wildman–Crippen MR) is 105 cm³/mol. The Bertz CT molecular complexity index is 770. The van der Waals surface area contributed by atoms with E-state index in [1.54, 1.807) is 4.90 Å². The van der Waals surface area contributed by atoms with Gasteiger partial charge in [-0.1, -0.05) is 18.6 Å². The van der Waals surface area contributed by atoms with Crippen LogP contribution in [0.1, 0.15) is 32.1 Å². The third kappa shape index (κ3) is 5.25. The number of nitrogens with one attached hydrogen (secondary N) is 2. The van der Waals surface area contributed by atoms with Gasteiger partial charge in [0.15, 0.2) is 0 Å². The van der Waals surface area contributed by atoms with Crippen molar-refractivity contribution in [1.82, 2.24) is 15.8 Å². The minimum absolute atomic E-state index is 0.0286. The molecule has 28 heavy (non-hydrogen) atoms. The van der Waals surface area contributed by atoms with Crippen molar-refractivity contribution in [3.63, 3.8) is 0 Å². The molecule has 0 saturated carbocycles. The number of benzene rings is 1. The van der Waals surface area contributed by atoms with Gasteiger partial charge in [-0.3, -0.25) is 30.0 Å². The zero-order valence-electron chi connectivity index (χ0n) is 15.6. The summed E-state index contributed by atoms with van der Waals surface area (Å²) in [6.07, 6.45) is 3.24. The second kappa shape index (κ2) is 9.59. The number of hydrazine groups is 1. The van der Waals surface area contributed by atoms with E-state index in [4.69, 9.17) is 0 Å². The van der Waals surface area contributed by atoms with Crippen LogP contribution in [0, 0.1) is 0 Å². The lowest BCUT2D eigenvalue weighted by Gasteiger charge is -2.28. The van der Waals surface area contributed by atoms with Crippen LogP contribution in [0.3, 0.4) is 0 Å². The molecule has 0 spiro atoms. The number of amides is 4. The van der Waals surface area contributed by atoms with Crippen molar-refractivity contribution in [2.24, 2.45) is 0 Å². The fourth-order valence-corrected chi connectivity index (χ4v) is 4.17. The minimum atomic E-state index is -0.431. The SMILES string of the molecule is O=C(CCN1C(=O)CSc2ccccc21)NNC(=O)CN1CCCCCC1=O. The van der Waals surface area contributed by atoms with Crippen molar-refractivity contribution in [2.45, 2.75) is 37.0 Å². The summed E-state index contributed by atoms with van der Waals surface area (Å²) in [5.74, 6) is -0.544. The van der Waals surface area contributed by atoms with Crippen LogP contribution in [-0.4, -0.2) is 53.9 Å². The van der Waals surface area contributed by atoms with Crippen molar-refractivity contribution < 1.29 is 19.2 Å². The molecule has 8 nitrogen and oxygen atoms in total. The molecule has 2 aliphatic heterocycles. The van der Waals surface area contributed by atoms with Crippen LogP contribution in [-0.2, 0) is 19.2 Å². The predicted octanol–water partition coefficient (Wildman–Crippen LogP) is 1.07. The van der Waals surface area contributed by atoms with Gasteiger partial charge in [0.05, 0.1) is 11.4 Å². The Morgan fingerprint density at radius 2 is 1.79 bits per heavy atom. The average Bonchev–Trinajstić information content (AvgIpc) is 2.90. The van der Waals surface area contributed by atoms with E-state index in [9.17, 15) is 19.2 Å². The number of hydrogen-bond donors (Lipinski definition) is 2. The molecule has 3 rings (SSSR count). The van der Waals surface area contributed by atoms with Gasteiger partial charge in [-0.25, -0.2) is 0 Å². The number of carbonyl (C=O) groups excluding carboxylic acids is 4. The Hall–Kier alpha value is -2.55. The number of anilines is 1. The molecule has 0 radical (unpaired) electrons. The third-order valence-corrected chi connectivity index (χ3v) is 5.77. The highest BCUT2D eigenvalue weighted by molar-refractivity contribution is 8.00. The standard InChI is InChI=1S/C19H24N4O4S/c24-16(20-21-17(25)12-22-10-5-1-2-8-18(22)26)9-11-23-14-6-3-4-7-15(14)28-13-19(23)27/h3-4,6-7H,1-2,5,8-13H2,(H,20,24)(H,21,25). The van der Waals surface area contributed by atoms with Gasteiger partial charge < -0.3 is 9.80 Å². The van der Waals surface area contributed by atoms with Crippen molar-refractivity contribution in [2.75, 3.05) is 30.3 Å². The summed E-state index contributed by atoms with van der Waals surface area (Å²) in [7, 11) is 0. The molecule has 1 fully saturated rings. The maximum absolute atomic E-state index is 12.2. The number of likely N-dealkylation sites (tertiary alicyclic amines) is 1. The first-order chi connectivity index (χ1) is 13.5. The van der Waals surface area contributed by atoms with Crippen LogP contribution in [0.5, 0.6) is 0 Å². The largest absolute Gasteiger partial charge is 0.333 e. The first-order valence-corrected chi connectivity index (χ1v) is 10.4. The molecule has 0 bridgehead atoms.